The Morgan fingerprint density at radius 2 is 0.539 bits per heavy atom. The highest BCUT2D eigenvalue weighted by atomic mass is 127. The van der Waals surface area contributed by atoms with Crippen LogP contribution in [-0.4, -0.2) is 5.70 Å². The molecule has 0 saturated heterocycles. The molecule has 0 aliphatic rings. The average Bonchev–Trinajstić information content (AvgIpc) is 1.18. The molecule has 2 heterocycles. The first-order valence-corrected chi connectivity index (χ1v) is 37.4. The summed E-state index contributed by atoms with van der Waals surface area (Å²) in [5.74, 6) is 0. The summed E-state index contributed by atoms with van der Waals surface area (Å²) in [6, 6.07) is 97.3. The third-order valence-corrected chi connectivity index (χ3v) is 23.1. The highest BCUT2D eigenvalue weighted by molar-refractivity contribution is 14.1. The minimum Gasteiger partial charge on any atom is -0.454 e. The van der Waals surface area contributed by atoms with E-state index in [9.17, 15) is 0 Å². The van der Waals surface area contributed by atoms with Gasteiger partial charge in [-0.1, -0.05) is 226 Å². The quantitative estimate of drug-likeness (QED) is 0.0944. The molecule has 0 amide bonds. The largest absolute Gasteiger partial charge is 0.454 e. The van der Waals surface area contributed by atoms with Crippen molar-refractivity contribution in [2.75, 3.05) is 9.80 Å². The highest BCUT2D eigenvalue weighted by Gasteiger charge is 2.29. The Bertz CT molecular complexity index is 6590. The minimum absolute atomic E-state index is 0.892. The number of aryl methyl sites for hydroxylation is 6. The van der Waals surface area contributed by atoms with E-state index in [0.717, 1.165) is 67.2 Å². The van der Waals surface area contributed by atoms with Gasteiger partial charge in [0, 0.05) is 52.6 Å². The number of nitrogens with zero attached hydrogens (tertiary/aromatic N) is 2. The zero-order valence-electron chi connectivity index (χ0n) is 56.8. The first kappa shape index (κ1) is 62.5. The molecule has 22 aromatic rings. The molecule has 0 fully saturated rings. The summed E-state index contributed by atoms with van der Waals surface area (Å²) in [6.07, 6.45) is 0. The molecule has 8 heteroatoms. The lowest BCUT2D eigenvalue weighted by atomic mass is 9.88. The van der Waals surface area contributed by atoms with Crippen LogP contribution in [0.25, 0.3) is 162 Å². The standard InChI is InChI=1S/C58H36N2O2.C18H12Br2.C18H14.BI/c1-33-31-47(59(39-13-5-3-6-14-39)45-29-23-37-21-19-35-11-9-17-49-51(35)53(37)57(45)61-49)43-28-26-42-34(2)32-48(44-27-25-41(33)55(43)56(42)44)60(40-15-7-4-8-16-40)46-30-24-38-22-20-36-12-10-18-50-52(36)54(38)58(46)62-50;1-9-7-15(19)13-6-4-12-10(2)8-16(20)14-5-3-11(9)17(13)18(12)14;1-11-3-5-13-8-10-16-12(2)4-6-14-7-9-15(11)17(13)18(14)16;1-2/h3-32H,1-2H3;3-8H,1-2H3;3-10H,1-2H3;. The summed E-state index contributed by atoms with van der Waals surface area (Å²) in [7, 11) is 0. The first-order valence-electron chi connectivity index (χ1n) is 34.6. The molecule has 0 saturated carbocycles. The fraction of sp³-hybridized carbons (Fsp3) is 0.0638. The topological polar surface area (TPSA) is 32.8 Å². The maximum Gasteiger partial charge on any atom is 0.169 e. The van der Waals surface area contributed by atoms with E-state index in [-0.39, 0.29) is 0 Å². The van der Waals surface area contributed by atoms with E-state index in [2.05, 4.69) is 356 Å². The second-order valence-electron chi connectivity index (χ2n) is 27.5. The molecule has 0 N–H and O–H groups in total. The molecule has 0 atom stereocenters. The lowest BCUT2D eigenvalue weighted by Gasteiger charge is -2.30. The number of halogens is 3. The summed E-state index contributed by atoms with van der Waals surface area (Å²) in [5.41, 5.74) is 22.2. The third-order valence-electron chi connectivity index (χ3n) is 21.8. The van der Waals surface area contributed by atoms with Gasteiger partial charge in [-0.05, 0) is 255 Å². The van der Waals surface area contributed by atoms with Gasteiger partial charge in [0.2, 0.25) is 0 Å². The lowest BCUT2D eigenvalue weighted by Crippen LogP contribution is -2.12. The highest BCUT2D eigenvalue weighted by Crippen LogP contribution is 2.54. The van der Waals surface area contributed by atoms with Crippen molar-refractivity contribution in [1.29, 1.82) is 0 Å². The Labute approximate surface area is 620 Å². The smallest absolute Gasteiger partial charge is 0.169 e. The van der Waals surface area contributed by atoms with E-state index in [1.165, 1.54) is 172 Å². The summed E-state index contributed by atoms with van der Waals surface area (Å²) in [4.78, 5) is 4.82. The van der Waals surface area contributed by atoms with Crippen LogP contribution in [0.1, 0.15) is 33.4 Å². The van der Waals surface area contributed by atoms with Crippen LogP contribution in [0.15, 0.2) is 285 Å². The normalized spacial score (nSPS) is 12.0. The van der Waals surface area contributed by atoms with Crippen LogP contribution in [0.4, 0.5) is 34.1 Å². The average molecular weight is 1550 g/mol. The van der Waals surface area contributed by atoms with Gasteiger partial charge in [0.05, 0.1) is 22.7 Å². The van der Waals surface area contributed by atoms with E-state index >= 15 is 0 Å². The van der Waals surface area contributed by atoms with E-state index in [1.54, 1.807) is 22.4 Å². The van der Waals surface area contributed by atoms with Crippen LogP contribution < -0.4 is 9.80 Å². The summed E-state index contributed by atoms with van der Waals surface area (Å²) in [5, 5.41) is 33.1. The molecule has 0 unspecified atom stereocenters. The second-order valence-corrected chi connectivity index (χ2v) is 29.2. The summed E-state index contributed by atoms with van der Waals surface area (Å²) < 4.78 is 16.1. The molecule has 102 heavy (non-hydrogen) atoms. The van der Waals surface area contributed by atoms with Gasteiger partial charge in [-0.3, -0.25) is 0 Å². The minimum atomic E-state index is 0.892. The fourth-order valence-electron chi connectivity index (χ4n) is 17.2. The van der Waals surface area contributed by atoms with Gasteiger partial charge in [0.25, 0.3) is 0 Å². The van der Waals surface area contributed by atoms with Crippen molar-refractivity contribution < 1.29 is 8.83 Å². The predicted molar refractivity (Wildman–Crippen MR) is 455 cm³/mol. The molecule has 484 valence electrons. The van der Waals surface area contributed by atoms with Crippen LogP contribution in [0.2, 0.25) is 0 Å². The molecule has 20 aromatic carbocycles. The summed E-state index contributed by atoms with van der Waals surface area (Å²) >= 11 is 9.08. The number of furan rings is 2. The van der Waals surface area contributed by atoms with E-state index in [0.29, 0.717) is 0 Å². The second kappa shape index (κ2) is 24.1. The maximum absolute atomic E-state index is 6.88. The Morgan fingerprint density at radius 1 is 0.245 bits per heavy atom. The van der Waals surface area contributed by atoms with E-state index in [4.69, 9.17) is 8.83 Å². The first-order chi connectivity index (χ1) is 49.9. The Hall–Kier alpha value is -10.5. The van der Waals surface area contributed by atoms with E-state index < -0.39 is 0 Å². The number of hydrogen-bond acceptors (Lipinski definition) is 4. The van der Waals surface area contributed by atoms with Crippen molar-refractivity contribution in [3.05, 3.63) is 309 Å². The molecular weight excluding hydrogens is 1490 g/mol. The van der Waals surface area contributed by atoms with Crippen LogP contribution in [0.5, 0.6) is 0 Å². The van der Waals surface area contributed by atoms with Crippen LogP contribution in [-0.2, 0) is 0 Å². The molecule has 2 aromatic heterocycles. The van der Waals surface area contributed by atoms with Gasteiger partial charge in [-0.15, -0.1) is 0 Å². The number of rotatable bonds is 6. The predicted octanol–water partition coefficient (Wildman–Crippen LogP) is 29.6. The number of anilines is 6. The number of benzene rings is 20. The fourth-order valence-corrected chi connectivity index (χ4v) is 18.5. The lowest BCUT2D eigenvalue weighted by molar-refractivity contribution is 0.669. The van der Waals surface area contributed by atoms with Crippen molar-refractivity contribution in [1.82, 2.24) is 0 Å². The number of para-hydroxylation sites is 2. The maximum atomic E-state index is 6.88. The third kappa shape index (κ3) is 9.37. The molecule has 0 aliphatic heterocycles. The van der Waals surface area contributed by atoms with Crippen molar-refractivity contribution in [2.24, 2.45) is 0 Å². The van der Waals surface area contributed by atoms with Crippen LogP contribution in [0.3, 0.4) is 0 Å². The van der Waals surface area contributed by atoms with Gasteiger partial charge in [0.1, 0.15) is 11.2 Å². The number of hydrogen-bond donors (Lipinski definition) is 0. The van der Waals surface area contributed by atoms with Crippen molar-refractivity contribution in [2.45, 2.75) is 41.5 Å². The molecule has 0 aliphatic carbocycles. The Morgan fingerprint density at radius 3 is 0.941 bits per heavy atom. The van der Waals surface area contributed by atoms with Gasteiger partial charge < -0.3 is 18.6 Å². The molecule has 4 nitrogen and oxygen atoms in total. The van der Waals surface area contributed by atoms with E-state index in [1.807, 2.05) is 0 Å². The van der Waals surface area contributed by atoms with Gasteiger partial charge in [-0.2, -0.15) is 22.4 Å². The SMILES string of the molecule is Cc1cc(Br)c2ccc3c(C)cc(Br)c4ccc1c2c34.Cc1cc(N(c2ccccc2)c2ccc3ccc4cccc5oc2c3c45)c2ccc3c(C)cc(N(c4ccccc4)c4ccc5ccc6cccc7oc4c5c67)c4ccc1c2c34.Cc1ccc2ccc3c(C)ccc4ccc1c2c43.[B]I. The van der Waals surface area contributed by atoms with Crippen LogP contribution >= 0.6 is 54.2 Å². The van der Waals surface area contributed by atoms with Crippen molar-refractivity contribution in [3.8, 4) is 0 Å². The monoisotopic (exact) mass is 1550 g/mol. The molecule has 0 spiro atoms. The molecular formula is C94H62BBr2IN2O2. The zero-order chi connectivity index (χ0) is 69.1. The van der Waals surface area contributed by atoms with Gasteiger partial charge >= 0.3 is 0 Å². The van der Waals surface area contributed by atoms with Crippen molar-refractivity contribution >= 4 is 256 Å². The Balaban J connectivity index is 0.000000145. The van der Waals surface area contributed by atoms with Crippen molar-refractivity contribution in [3.63, 3.8) is 0 Å². The molecule has 2 radical (unpaired) electrons. The Kier molecular flexibility index (Phi) is 14.8. The summed E-state index contributed by atoms with van der Waals surface area (Å²) in [6.45, 7) is 13.3. The zero-order valence-corrected chi connectivity index (χ0v) is 62.2. The molecule has 0 bridgehead atoms. The molecule has 22 rings (SSSR count). The van der Waals surface area contributed by atoms with Crippen LogP contribution in [0, 0.1) is 41.5 Å². The van der Waals surface area contributed by atoms with Gasteiger partial charge in [-0.25, -0.2) is 0 Å². The van der Waals surface area contributed by atoms with Gasteiger partial charge in [0.15, 0.2) is 16.9 Å².